The zero-order valence-electron chi connectivity index (χ0n) is 13.4. The number of likely N-dealkylation sites (N-methyl/N-ethyl adjacent to an activating group) is 1. The molecule has 0 aliphatic rings. The maximum atomic E-state index is 5.99. The second-order valence-electron chi connectivity index (χ2n) is 5.60. The topological polar surface area (TPSA) is 21.3 Å². The molecule has 0 saturated heterocycles. The van der Waals surface area contributed by atoms with Crippen LogP contribution in [0.3, 0.4) is 0 Å². The first kappa shape index (κ1) is 15.6. The molecule has 1 unspecified atom stereocenters. The quantitative estimate of drug-likeness (QED) is 0.851. The molecule has 2 nitrogen and oxygen atoms in total. The summed E-state index contributed by atoms with van der Waals surface area (Å²) in [6.45, 7) is 10.1. The molecule has 0 bridgehead atoms. The Hall–Kier alpha value is -1.80. The van der Waals surface area contributed by atoms with Gasteiger partial charge in [0, 0.05) is 0 Å². The van der Waals surface area contributed by atoms with Crippen molar-refractivity contribution in [2.45, 2.75) is 33.7 Å². The average molecular weight is 283 g/mol. The van der Waals surface area contributed by atoms with Crippen LogP contribution in [0.1, 0.15) is 35.2 Å². The van der Waals surface area contributed by atoms with Crippen molar-refractivity contribution in [1.29, 1.82) is 0 Å². The van der Waals surface area contributed by atoms with Crippen LogP contribution >= 0.6 is 0 Å². The van der Waals surface area contributed by atoms with Gasteiger partial charge in [0.25, 0.3) is 0 Å². The van der Waals surface area contributed by atoms with Crippen molar-refractivity contribution in [2.75, 3.05) is 13.2 Å². The molecule has 0 aliphatic carbocycles. The molecule has 0 spiro atoms. The molecule has 2 aromatic carbocycles. The van der Waals surface area contributed by atoms with Gasteiger partial charge in [-0.3, -0.25) is 0 Å². The fourth-order valence-electron chi connectivity index (χ4n) is 2.53. The third-order valence-electron chi connectivity index (χ3n) is 3.67. The van der Waals surface area contributed by atoms with Gasteiger partial charge in [-0.15, -0.1) is 0 Å². The van der Waals surface area contributed by atoms with E-state index in [9.17, 15) is 0 Å². The summed E-state index contributed by atoms with van der Waals surface area (Å²) < 4.78 is 5.99. The highest BCUT2D eigenvalue weighted by Crippen LogP contribution is 2.21. The minimum absolute atomic E-state index is 0.218. The number of rotatable bonds is 6. The van der Waals surface area contributed by atoms with Gasteiger partial charge >= 0.3 is 0 Å². The highest BCUT2D eigenvalue weighted by molar-refractivity contribution is 5.33. The molecule has 21 heavy (non-hydrogen) atoms. The average Bonchev–Trinajstić information content (AvgIpc) is 2.46. The Morgan fingerprint density at radius 1 is 1.00 bits per heavy atom. The fourth-order valence-corrected chi connectivity index (χ4v) is 2.53. The Bertz CT molecular complexity index is 592. The summed E-state index contributed by atoms with van der Waals surface area (Å²) in [5.41, 5.74) is 5.14. The van der Waals surface area contributed by atoms with Gasteiger partial charge in [-0.25, -0.2) is 0 Å². The van der Waals surface area contributed by atoms with Crippen molar-refractivity contribution in [1.82, 2.24) is 5.32 Å². The van der Waals surface area contributed by atoms with Crippen LogP contribution in [0.15, 0.2) is 42.5 Å². The summed E-state index contributed by atoms with van der Waals surface area (Å²) in [5.74, 6) is 0.934. The van der Waals surface area contributed by atoms with E-state index in [0.717, 1.165) is 12.3 Å². The second-order valence-corrected chi connectivity index (χ2v) is 5.60. The molecule has 1 atom stereocenters. The first-order valence-corrected chi connectivity index (χ1v) is 7.60. The van der Waals surface area contributed by atoms with Crippen LogP contribution in [0.2, 0.25) is 0 Å². The summed E-state index contributed by atoms with van der Waals surface area (Å²) in [5, 5.41) is 3.53. The summed E-state index contributed by atoms with van der Waals surface area (Å²) >= 11 is 0. The van der Waals surface area contributed by atoms with E-state index in [1.165, 1.54) is 22.3 Å². The van der Waals surface area contributed by atoms with Crippen molar-refractivity contribution in [3.8, 4) is 5.75 Å². The highest BCUT2D eigenvalue weighted by atomic mass is 16.5. The molecule has 1 N–H and O–H groups in total. The first-order valence-electron chi connectivity index (χ1n) is 7.60. The first-order chi connectivity index (χ1) is 10.1. The van der Waals surface area contributed by atoms with Crippen LogP contribution in [0.5, 0.6) is 5.75 Å². The van der Waals surface area contributed by atoms with Gasteiger partial charge < -0.3 is 10.1 Å². The molecule has 2 heteroatoms. The number of hydrogen-bond acceptors (Lipinski definition) is 2. The summed E-state index contributed by atoms with van der Waals surface area (Å²) in [6, 6.07) is 15.0. The number of nitrogens with one attached hydrogen (secondary N) is 1. The molecule has 112 valence electrons. The van der Waals surface area contributed by atoms with Crippen LogP contribution < -0.4 is 10.1 Å². The van der Waals surface area contributed by atoms with Crippen molar-refractivity contribution < 1.29 is 4.74 Å². The SMILES string of the molecule is CCNC(COc1cccc(C)c1)c1cc(C)ccc1C. The van der Waals surface area contributed by atoms with Crippen LogP contribution in [0, 0.1) is 20.8 Å². The lowest BCUT2D eigenvalue weighted by molar-refractivity contribution is 0.267. The molecule has 0 saturated carbocycles. The molecule has 2 rings (SSSR count). The van der Waals surface area contributed by atoms with Crippen molar-refractivity contribution in [3.05, 3.63) is 64.7 Å². The summed E-state index contributed by atoms with van der Waals surface area (Å²) in [7, 11) is 0. The maximum absolute atomic E-state index is 5.99. The number of hydrogen-bond donors (Lipinski definition) is 1. The second kappa shape index (κ2) is 7.28. The van der Waals surface area contributed by atoms with Gasteiger partial charge in [-0.1, -0.05) is 42.8 Å². The van der Waals surface area contributed by atoms with Gasteiger partial charge in [0.15, 0.2) is 0 Å². The Labute approximate surface area is 128 Å². The van der Waals surface area contributed by atoms with E-state index in [1.807, 2.05) is 12.1 Å². The Kier molecular flexibility index (Phi) is 5.40. The van der Waals surface area contributed by atoms with Crippen molar-refractivity contribution >= 4 is 0 Å². The monoisotopic (exact) mass is 283 g/mol. The predicted octanol–water partition coefficient (Wildman–Crippen LogP) is 4.34. The third-order valence-corrected chi connectivity index (χ3v) is 3.67. The third kappa shape index (κ3) is 4.33. The highest BCUT2D eigenvalue weighted by Gasteiger charge is 2.14. The van der Waals surface area contributed by atoms with Crippen LogP contribution in [0.25, 0.3) is 0 Å². The summed E-state index contributed by atoms with van der Waals surface area (Å²) in [4.78, 5) is 0. The summed E-state index contributed by atoms with van der Waals surface area (Å²) in [6.07, 6.45) is 0. The zero-order valence-corrected chi connectivity index (χ0v) is 13.4. The molecule has 0 heterocycles. The minimum atomic E-state index is 0.218. The standard InChI is InChI=1S/C19H25NO/c1-5-20-19(18-12-15(3)9-10-16(18)4)13-21-17-8-6-7-14(2)11-17/h6-12,19-20H,5,13H2,1-4H3. The Balaban J connectivity index is 2.13. The van der Waals surface area contributed by atoms with E-state index >= 15 is 0 Å². The number of benzene rings is 2. The van der Waals surface area contributed by atoms with Crippen LogP contribution in [-0.4, -0.2) is 13.2 Å². The predicted molar refractivity (Wildman–Crippen MR) is 89.0 cm³/mol. The smallest absolute Gasteiger partial charge is 0.119 e. The molecule has 0 aliphatic heterocycles. The van der Waals surface area contributed by atoms with E-state index in [0.29, 0.717) is 6.61 Å². The van der Waals surface area contributed by atoms with E-state index in [-0.39, 0.29) is 6.04 Å². The van der Waals surface area contributed by atoms with Gasteiger partial charge in [0.1, 0.15) is 12.4 Å². The normalized spacial score (nSPS) is 12.2. The lowest BCUT2D eigenvalue weighted by Crippen LogP contribution is -2.27. The minimum Gasteiger partial charge on any atom is -0.492 e. The van der Waals surface area contributed by atoms with Crippen molar-refractivity contribution in [2.24, 2.45) is 0 Å². The molecule has 0 fully saturated rings. The van der Waals surface area contributed by atoms with Gasteiger partial charge in [0.2, 0.25) is 0 Å². The molecular formula is C19H25NO. The lowest BCUT2D eigenvalue weighted by Gasteiger charge is -2.21. The molecule has 0 amide bonds. The maximum Gasteiger partial charge on any atom is 0.119 e. The van der Waals surface area contributed by atoms with Gasteiger partial charge in [-0.05, 0) is 56.1 Å². The Morgan fingerprint density at radius 3 is 2.48 bits per heavy atom. The lowest BCUT2D eigenvalue weighted by atomic mass is 9.99. The van der Waals surface area contributed by atoms with Crippen LogP contribution in [-0.2, 0) is 0 Å². The molecule has 2 aromatic rings. The largest absolute Gasteiger partial charge is 0.492 e. The Morgan fingerprint density at radius 2 is 1.76 bits per heavy atom. The van der Waals surface area contributed by atoms with Crippen molar-refractivity contribution in [3.63, 3.8) is 0 Å². The molecule has 0 aromatic heterocycles. The van der Waals surface area contributed by atoms with E-state index < -0.39 is 0 Å². The van der Waals surface area contributed by atoms with E-state index in [4.69, 9.17) is 4.74 Å². The zero-order chi connectivity index (χ0) is 15.2. The fraction of sp³-hybridized carbons (Fsp3) is 0.368. The number of ether oxygens (including phenoxy) is 1. The number of aryl methyl sites for hydroxylation is 3. The molecular weight excluding hydrogens is 258 g/mol. The van der Waals surface area contributed by atoms with Gasteiger partial charge in [0.05, 0.1) is 6.04 Å². The van der Waals surface area contributed by atoms with Gasteiger partial charge in [-0.2, -0.15) is 0 Å². The van der Waals surface area contributed by atoms with Crippen LogP contribution in [0.4, 0.5) is 0 Å². The molecule has 0 radical (unpaired) electrons. The van der Waals surface area contributed by atoms with E-state index in [1.54, 1.807) is 0 Å². The van der Waals surface area contributed by atoms with E-state index in [2.05, 4.69) is 63.3 Å².